The number of carbonyl (C=O) groups excluding carboxylic acids is 1. The summed E-state index contributed by atoms with van der Waals surface area (Å²) in [6.07, 6.45) is 0. The van der Waals surface area contributed by atoms with Crippen molar-refractivity contribution in [3.05, 3.63) is 23.8 Å². The van der Waals surface area contributed by atoms with Crippen LogP contribution in [-0.4, -0.2) is 46.2 Å². The summed E-state index contributed by atoms with van der Waals surface area (Å²) in [6, 6.07) is 4.43. The molecule has 0 spiro atoms. The normalized spacial score (nSPS) is 18.7. The molecule has 1 aromatic rings. The summed E-state index contributed by atoms with van der Waals surface area (Å²) in [6.45, 7) is 5.93. The summed E-state index contributed by atoms with van der Waals surface area (Å²) in [7, 11) is 0. The van der Waals surface area contributed by atoms with Crippen LogP contribution in [-0.2, 0) is 0 Å². The van der Waals surface area contributed by atoms with E-state index < -0.39 is 0 Å². The molecule has 0 radical (unpaired) electrons. The van der Waals surface area contributed by atoms with Crippen LogP contribution >= 0.6 is 0 Å². The molecule has 0 bridgehead atoms. The number of rotatable bonds is 1. The minimum absolute atomic E-state index is 0.139. The Kier molecular flexibility index (Phi) is 3.17. The average molecular weight is 250 g/mol. The molecule has 0 aliphatic carbocycles. The van der Waals surface area contributed by atoms with Crippen LogP contribution in [0.3, 0.4) is 0 Å². The minimum Gasteiger partial charge on any atom is -0.504 e. The minimum atomic E-state index is -0.348. The number of hydrogen-bond acceptors (Lipinski definition) is 4. The van der Waals surface area contributed by atoms with Crippen molar-refractivity contribution in [2.45, 2.75) is 19.4 Å². The smallest absolute Gasteiger partial charge is 0.257 e. The number of carbonyl (C=O) groups is 1. The molecule has 1 fully saturated rings. The molecule has 1 aromatic carbocycles. The van der Waals surface area contributed by atoms with Gasteiger partial charge in [0, 0.05) is 25.2 Å². The third-order valence-corrected chi connectivity index (χ3v) is 3.10. The van der Waals surface area contributed by atoms with Gasteiger partial charge in [-0.05, 0) is 26.0 Å². The van der Waals surface area contributed by atoms with Gasteiger partial charge in [-0.1, -0.05) is 6.07 Å². The monoisotopic (exact) mass is 250 g/mol. The first kappa shape index (κ1) is 12.7. The number of benzene rings is 1. The van der Waals surface area contributed by atoms with Crippen LogP contribution in [0, 0.1) is 0 Å². The number of hydrogen-bond donors (Lipinski definition) is 3. The fourth-order valence-electron chi connectivity index (χ4n) is 2.19. The molecule has 0 unspecified atom stereocenters. The Hall–Kier alpha value is -1.75. The van der Waals surface area contributed by atoms with Gasteiger partial charge < -0.3 is 20.4 Å². The lowest BCUT2D eigenvalue weighted by atomic mass is 10.0. The van der Waals surface area contributed by atoms with Crippen molar-refractivity contribution in [2.24, 2.45) is 0 Å². The highest BCUT2D eigenvalue weighted by molar-refractivity contribution is 5.97. The summed E-state index contributed by atoms with van der Waals surface area (Å²) in [5.74, 6) is -0.868. The molecule has 5 nitrogen and oxygen atoms in total. The summed E-state index contributed by atoms with van der Waals surface area (Å²) >= 11 is 0. The van der Waals surface area contributed by atoms with E-state index in [2.05, 4.69) is 5.32 Å². The third-order valence-electron chi connectivity index (χ3n) is 3.10. The maximum absolute atomic E-state index is 12.3. The first-order valence-corrected chi connectivity index (χ1v) is 5.96. The van der Waals surface area contributed by atoms with Gasteiger partial charge in [-0.15, -0.1) is 0 Å². The molecule has 0 aromatic heterocycles. The van der Waals surface area contributed by atoms with Crippen molar-refractivity contribution in [1.29, 1.82) is 0 Å². The Balaban J connectivity index is 2.23. The zero-order valence-corrected chi connectivity index (χ0v) is 10.6. The SMILES string of the molecule is CC1(C)CN(C(=O)c2cccc(O)c2O)CCN1. The molecule has 1 saturated heterocycles. The van der Waals surface area contributed by atoms with E-state index in [9.17, 15) is 15.0 Å². The van der Waals surface area contributed by atoms with Gasteiger partial charge in [0.05, 0.1) is 5.56 Å². The van der Waals surface area contributed by atoms with E-state index in [1.165, 1.54) is 12.1 Å². The average Bonchev–Trinajstić information content (AvgIpc) is 2.30. The van der Waals surface area contributed by atoms with Crippen molar-refractivity contribution < 1.29 is 15.0 Å². The van der Waals surface area contributed by atoms with Crippen molar-refractivity contribution in [2.75, 3.05) is 19.6 Å². The molecule has 0 saturated carbocycles. The van der Waals surface area contributed by atoms with Crippen LogP contribution in [0.15, 0.2) is 18.2 Å². The van der Waals surface area contributed by atoms with Crippen molar-refractivity contribution >= 4 is 5.91 Å². The standard InChI is InChI=1S/C13H18N2O3/c1-13(2)8-15(7-6-14-13)12(18)9-4-3-5-10(16)11(9)17/h3-5,14,16-17H,6-8H2,1-2H3. The van der Waals surface area contributed by atoms with Gasteiger partial charge in [0.1, 0.15) is 0 Å². The van der Waals surface area contributed by atoms with Crippen LogP contribution in [0.4, 0.5) is 0 Å². The van der Waals surface area contributed by atoms with Gasteiger partial charge in [0.15, 0.2) is 11.5 Å². The number of aromatic hydroxyl groups is 2. The van der Waals surface area contributed by atoms with E-state index in [0.29, 0.717) is 13.1 Å². The van der Waals surface area contributed by atoms with Gasteiger partial charge >= 0.3 is 0 Å². The highest BCUT2D eigenvalue weighted by atomic mass is 16.3. The number of para-hydroxylation sites is 1. The topological polar surface area (TPSA) is 72.8 Å². The highest BCUT2D eigenvalue weighted by Gasteiger charge is 2.30. The third kappa shape index (κ3) is 2.41. The molecule has 18 heavy (non-hydrogen) atoms. The van der Waals surface area contributed by atoms with Gasteiger partial charge in [0.25, 0.3) is 5.91 Å². The van der Waals surface area contributed by atoms with Gasteiger partial charge in [-0.2, -0.15) is 0 Å². The van der Waals surface area contributed by atoms with Crippen LogP contribution in [0.2, 0.25) is 0 Å². The second kappa shape index (κ2) is 4.49. The van der Waals surface area contributed by atoms with E-state index in [1.807, 2.05) is 13.8 Å². The zero-order valence-electron chi connectivity index (χ0n) is 10.6. The quantitative estimate of drug-likeness (QED) is 0.648. The number of nitrogens with zero attached hydrogens (tertiary/aromatic N) is 1. The van der Waals surface area contributed by atoms with E-state index in [1.54, 1.807) is 11.0 Å². The molecule has 5 heteroatoms. The summed E-state index contributed by atoms with van der Waals surface area (Å²) < 4.78 is 0. The number of amides is 1. The second-order valence-electron chi connectivity index (χ2n) is 5.21. The molecule has 98 valence electrons. The fraction of sp³-hybridized carbons (Fsp3) is 0.462. The lowest BCUT2D eigenvalue weighted by Gasteiger charge is -2.39. The first-order valence-electron chi connectivity index (χ1n) is 5.96. The highest BCUT2D eigenvalue weighted by Crippen LogP contribution is 2.29. The Labute approximate surface area is 106 Å². The molecule has 0 atom stereocenters. The zero-order chi connectivity index (χ0) is 13.3. The molecule has 1 heterocycles. The first-order chi connectivity index (χ1) is 8.41. The van der Waals surface area contributed by atoms with Crippen LogP contribution in [0.5, 0.6) is 11.5 Å². The Morgan fingerprint density at radius 1 is 1.39 bits per heavy atom. The predicted octanol–water partition coefficient (Wildman–Crippen LogP) is 0.922. The lowest BCUT2D eigenvalue weighted by molar-refractivity contribution is 0.0648. The van der Waals surface area contributed by atoms with E-state index in [0.717, 1.165) is 6.54 Å². The van der Waals surface area contributed by atoms with Gasteiger partial charge in [-0.25, -0.2) is 0 Å². The van der Waals surface area contributed by atoms with E-state index >= 15 is 0 Å². The van der Waals surface area contributed by atoms with Crippen molar-refractivity contribution in [3.8, 4) is 11.5 Å². The predicted molar refractivity (Wildman–Crippen MR) is 67.8 cm³/mol. The lowest BCUT2D eigenvalue weighted by Crippen LogP contribution is -2.58. The van der Waals surface area contributed by atoms with Crippen LogP contribution in [0.1, 0.15) is 24.2 Å². The molecule has 1 aliphatic rings. The maximum atomic E-state index is 12.3. The Morgan fingerprint density at radius 2 is 2.11 bits per heavy atom. The second-order valence-corrected chi connectivity index (χ2v) is 5.21. The molecule has 3 N–H and O–H groups in total. The molecule has 1 amide bonds. The number of piperazine rings is 1. The number of nitrogens with one attached hydrogen (secondary N) is 1. The Bertz CT molecular complexity index is 471. The maximum Gasteiger partial charge on any atom is 0.257 e. The van der Waals surface area contributed by atoms with Crippen LogP contribution in [0.25, 0.3) is 0 Å². The molecule has 2 rings (SSSR count). The summed E-state index contributed by atoms with van der Waals surface area (Å²) in [5.41, 5.74) is 0.00748. The summed E-state index contributed by atoms with van der Waals surface area (Å²) in [5, 5.41) is 22.4. The van der Waals surface area contributed by atoms with Crippen molar-refractivity contribution in [3.63, 3.8) is 0 Å². The molecular formula is C13H18N2O3. The fourth-order valence-corrected chi connectivity index (χ4v) is 2.19. The van der Waals surface area contributed by atoms with E-state index in [-0.39, 0.29) is 28.5 Å². The van der Waals surface area contributed by atoms with Gasteiger partial charge in [-0.3, -0.25) is 4.79 Å². The van der Waals surface area contributed by atoms with E-state index in [4.69, 9.17) is 0 Å². The number of phenolic OH excluding ortho intramolecular Hbond substituents is 2. The number of phenols is 2. The molecule has 1 aliphatic heterocycles. The summed E-state index contributed by atoms with van der Waals surface area (Å²) in [4.78, 5) is 14.0. The van der Waals surface area contributed by atoms with Crippen LogP contribution < -0.4 is 5.32 Å². The molecular weight excluding hydrogens is 232 g/mol. The van der Waals surface area contributed by atoms with Gasteiger partial charge in [0.2, 0.25) is 0 Å². The van der Waals surface area contributed by atoms with Crippen molar-refractivity contribution in [1.82, 2.24) is 10.2 Å². The largest absolute Gasteiger partial charge is 0.504 e. The Morgan fingerprint density at radius 3 is 2.78 bits per heavy atom.